The summed E-state index contributed by atoms with van der Waals surface area (Å²) in [5.74, 6) is 1.39. The number of allylic oxidation sites excluding steroid dienone is 1. The summed E-state index contributed by atoms with van der Waals surface area (Å²) in [6, 6.07) is 28.9. The number of thiazole rings is 1. The fraction of sp³-hybridized carbons (Fsp3) is 0.162. The molecule has 5 aromatic rings. The Labute approximate surface area is 280 Å². The van der Waals surface area contributed by atoms with Crippen LogP contribution in [0.3, 0.4) is 0 Å². The number of aromatic nitrogens is 1. The van der Waals surface area contributed by atoms with Gasteiger partial charge in [-0.3, -0.25) is 14.2 Å². The van der Waals surface area contributed by atoms with Crippen molar-refractivity contribution in [2.75, 3.05) is 19.0 Å². The Morgan fingerprint density at radius 3 is 2.43 bits per heavy atom. The van der Waals surface area contributed by atoms with Gasteiger partial charge >= 0.3 is 0 Å². The van der Waals surface area contributed by atoms with E-state index >= 15 is 0 Å². The van der Waals surface area contributed by atoms with Gasteiger partial charge in [-0.1, -0.05) is 77.5 Å². The lowest BCUT2D eigenvalue weighted by molar-refractivity contribution is -0.113. The molecule has 1 atom stereocenters. The molecule has 0 bridgehead atoms. The van der Waals surface area contributed by atoms with Gasteiger partial charge in [-0.05, 0) is 73.5 Å². The summed E-state index contributed by atoms with van der Waals surface area (Å²) in [6.07, 6.45) is 1.78. The van der Waals surface area contributed by atoms with Gasteiger partial charge < -0.3 is 19.5 Å². The van der Waals surface area contributed by atoms with Crippen LogP contribution < -0.4 is 34.4 Å². The van der Waals surface area contributed by atoms with Crippen LogP contribution in [-0.4, -0.2) is 24.2 Å². The van der Waals surface area contributed by atoms with Crippen LogP contribution in [0.2, 0.25) is 5.02 Å². The predicted molar refractivity (Wildman–Crippen MR) is 185 cm³/mol. The molecule has 1 aromatic heterocycles. The molecule has 2 heterocycles. The third-order valence-electron chi connectivity index (χ3n) is 7.62. The number of ether oxygens (including phenoxy) is 3. The van der Waals surface area contributed by atoms with Crippen molar-refractivity contribution in [1.29, 1.82) is 0 Å². The highest BCUT2D eigenvalue weighted by molar-refractivity contribution is 7.07. The lowest BCUT2D eigenvalue weighted by Gasteiger charge is -2.25. The number of halogens is 1. The highest BCUT2D eigenvalue weighted by Crippen LogP contribution is 2.34. The van der Waals surface area contributed by atoms with Crippen molar-refractivity contribution in [2.24, 2.45) is 4.99 Å². The van der Waals surface area contributed by atoms with Gasteiger partial charge in [0.2, 0.25) is 0 Å². The standard InChI is InChI=1S/C37H32ClN3O5S/c1-4-45-29-19-15-25(16-20-29)33-32(35(42)40-28-10-6-5-7-11-28)23(2)39-37-41(33)36(43)31(47-37)21-26-9-8-12-30(44-3)34(26)46-22-24-13-17-27(38)18-14-24/h5-21,33H,4,22H2,1-3H3,(H,40,42)/b31-21-/t33-/m0/s1. The van der Waals surface area contributed by atoms with Crippen molar-refractivity contribution < 1.29 is 19.0 Å². The zero-order chi connectivity index (χ0) is 32.9. The minimum Gasteiger partial charge on any atom is -0.494 e. The van der Waals surface area contributed by atoms with Gasteiger partial charge in [0.25, 0.3) is 11.5 Å². The maximum atomic E-state index is 14.3. The number of rotatable bonds is 10. The summed E-state index contributed by atoms with van der Waals surface area (Å²) >= 11 is 7.31. The largest absolute Gasteiger partial charge is 0.494 e. The Kier molecular flexibility index (Phi) is 9.56. The van der Waals surface area contributed by atoms with Gasteiger partial charge in [-0.25, -0.2) is 4.99 Å². The number of para-hydroxylation sites is 2. The molecule has 47 heavy (non-hydrogen) atoms. The number of carbonyl (C=O) groups excluding carboxylic acids is 1. The molecule has 4 aromatic carbocycles. The van der Waals surface area contributed by atoms with E-state index in [0.29, 0.717) is 60.7 Å². The molecule has 238 valence electrons. The molecule has 6 rings (SSSR count). The first-order chi connectivity index (χ1) is 22.9. The topological polar surface area (TPSA) is 91.2 Å². The lowest BCUT2D eigenvalue weighted by Crippen LogP contribution is -2.40. The number of hydrogen-bond acceptors (Lipinski definition) is 7. The van der Waals surface area contributed by atoms with Crippen molar-refractivity contribution >= 4 is 40.6 Å². The Morgan fingerprint density at radius 2 is 1.72 bits per heavy atom. The molecule has 1 aliphatic rings. The highest BCUT2D eigenvalue weighted by atomic mass is 35.5. The summed E-state index contributed by atoms with van der Waals surface area (Å²) in [5, 5.41) is 3.62. The normalized spacial score (nSPS) is 14.3. The molecule has 0 radical (unpaired) electrons. The lowest BCUT2D eigenvalue weighted by atomic mass is 9.95. The molecule has 1 amide bonds. The quantitative estimate of drug-likeness (QED) is 0.184. The van der Waals surface area contributed by atoms with Crippen LogP contribution >= 0.6 is 22.9 Å². The number of benzene rings is 4. The van der Waals surface area contributed by atoms with Gasteiger partial charge in [0, 0.05) is 16.3 Å². The highest BCUT2D eigenvalue weighted by Gasteiger charge is 2.32. The average molecular weight is 666 g/mol. The monoisotopic (exact) mass is 665 g/mol. The van der Waals surface area contributed by atoms with Crippen molar-refractivity contribution in [3.05, 3.63) is 150 Å². The summed E-state index contributed by atoms with van der Waals surface area (Å²) in [4.78, 5) is 33.4. The number of hydrogen-bond donors (Lipinski definition) is 1. The molecule has 0 spiro atoms. The van der Waals surface area contributed by atoms with Crippen molar-refractivity contribution in [2.45, 2.75) is 26.5 Å². The number of nitrogens with one attached hydrogen (secondary N) is 1. The number of nitrogens with zero attached hydrogens (tertiary/aromatic N) is 2. The average Bonchev–Trinajstić information content (AvgIpc) is 3.38. The van der Waals surface area contributed by atoms with E-state index in [1.54, 1.807) is 36.8 Å². The predicted octanol–water partition coefficient (Wildman–Crippen LogP) is 6.51. The minimum atomic E-state index is -0.723. The molecule has 0 aliphatic carbocycles. The number of fused-ring (bicyclic) bond motifs is 1. The fourth-order valence-electron chi connectivity index (χ4n) is 5.40. The number of amides is 1. The molecule has 0 saturated heterocycles. The van der Waals surface area contributed by atoms with E-state index in [2.05, 4.69) is 5.32 Å². The Bertz CT molecular complexity index is 2120. The summed E-state index contributed by atoms with van der Waals surface area (Å²) < 4.78 is 19.5. The summed E-state index contributed by atoms with van der Waals surface area (Å²) in [6.45, 7) is 4.51. The van der Waals surface area contributed by atoms with E-state index in [1.165, 1.54) is 11.3 Å². The Balaban J connectivity index is 1.45. The van der Waals surface area contributed by atoms with Gasteiger partial charge in [-0.15, -0.1) is 0 Å². The van der Waals surface area contributed by atoms with Gasteiger partial charge in [0.05, 0.1) is 35.6 Å². The van der Waals surface area contributed by atoms with Crippen LogP contribution in [0.25, 0.3) is 6.08 Å². The Morgan fingerprint density at radius 1 is 0.979 bits per heavy atom. The second-order valence-electron chi connectivity index (χ2n) is 10.7. The second-order valence-corrected chi connectivity index (χ2v) is 12.1. The van der Waals surface area contributed by atoms with E-state index in [1.807, 2.05) is 91.9 Å². The first-order valence-electron chi connectivity index (χ1n) is 15.0. The summed E-state index contributed by atoms with van der Waals surface area (Å²) in [5.41, 5.74) is 3.61. The van der Waals surface area contributed by atoms with Gasteiger partial charge in [-0.2, -0.15) is 0 Å². The van der Waals surface area contributed by atoms with Crippen LogP contribution in [0.4, 0.5) is 5.69 Å². The third kappa shape index (κ3) is 6.86. The van der Waals surface area contributed by atoms with Crippen LogP contribution in [0.15, 0.2) is 118 Å². The molecular weight excluding hydrogens is 634 g/mol. The van der Waals surface area contributed by atoms with Crippen LogP contribution in [0.5, 0.6) is 17.2 Å². The zero-order valence-electron chi connectivity index (χ0n) is 26.0. The number of methoxy groups -OCH3 is 1. The number of anilines is 1. The van der Waals surface area contributed by atoms with Crippen molar-refractivity contribution in [3.63, 3.8) is 0 Å². The van der Waals surface area contributed by atoms with Crippen LogP contribution in [0, 0.1) is 0 Å². The van der Waals surface area contributed by atoms with Gasteiger partial charge in [0.1, 0.15) is 12.4 Å². The molecular formula is C37H32ClN3O5S. The third-order valence-corrected chi connectivity index (χ3v) is 8.85. The van der Waals surface area contributed by atoms with Crippen LogP contribution in [-0.2, 0) is 11.4 Å². The zero-order valence-corrected chi connectivity index (χ0v) is 27.6. The molecule has 1 aliphatic heterocycles. The molecule has 0 fully saturated rings. The van der Waals surface area contributed by atoms with Crippen molar-refractivity contribution in [3.8, 4) is 17.2 Å². The molecule has 0 saturated carbocycles. The van der Waals surface area contributed by atoms with Gasteiger partial charge in [0.15, 0.2) is 16.3 Å². The van der Waals surface area contributed by atoms with E-state index in [9.17, 15) is 9.59 Å². The molecule has 0 unspecified atom stereocenters. The molecule has 1 N–H and O–H groups in total. The van der Waals surface area contributed by atoms with Crippen molar-refractivity contribution in [1.82, 2.24) is 4.57 Å². The molecule has 10 heteroatoms. The number of carbonyl (C=O) groups is 1. The smallest absolute Gasteiger partial charge is 0.271 e. The maximum Gasteiger partial charge on any atom is 0.271 e. The summed E-state index contributed by atoms with van der Waals surface area (Å²) in [7, 11) is 1.57. The minimum absolute atomic E-state index is 0.274. The Hall–Kier alpha value is -5.12. The maximum absolute atomic E-state index is 14.3. The van der Waals surface area contributed by atoms with E-state index in [4.69, 9.17) is 30.8 Å². The molecule has 8 nitrogen and oxygen atoms in total. The second kappa shape index (κ2) is 14.1. The fourth-order valence-corrected chi connectivity index (χ4v) is 6.56. The SMILES string of the molecule is CCOc1ccc([C@H]2C(C(=O)Nc3ccccc3)=C(C)N=c3s/c(=C\c4cccc(OC)c4OCc4ccc(Cl)cc4)c(=O)n32)cc1. The first kappa shape index (κ1) is 31.8. The van der Waals surface area contributed by atoms with Crippen LogP contribution in [0.1, 0.15) is 36.6 Å². The van der Waals surface area contributed by atoms with E-state index in [0.717, 1.165) is 11.1 Å². The van der Waals surface area contributed by atoms with E-state index in [-0.39, 0.29) is 18.1 Å². The van der Waals surface area contributed by atoms with E-state index < -0.39 is 6.04 Å². The first-order valence-corrected chi connectivity index (χ1v) is 16.2.